The van der Waals surface area contributed by atoms with Crippen LogP contribution in [-0.2, 0) is 4.79 Å². The Balaban J connectivity index is 2.09. The summed E-state index contributed by atoms with van der Waals surface area (Å²) in [6, 6.07) is 5.09. The Hall–Kier alpha value is -1.75. The average Bonchev–Trinajstić information content (AvgIpc) is 2.75. The summed E-state index contributed by atoms with van der Waals surface area (Å²) in [6.07, 6.45) is 1.03. The minimum Gasteiger partial charge on any atom is -0.481 e. The molecule has 6 heteroatoms. The van der Waals surface area contributed by atoms with Gasteiger partial charge in [0.25, 0.3) is 0 Å². The molecule has 1 fully saturated rings. The first kappa shape index (κ1) is 13.7. The summed E-state index contributed by atoms with van der Waals surface area (Å²) < 4.78 is 0. The first-order valence-corrected chi connectivity index (χ1v) is 6.41. The van der Waals surface area contributed by atoms with Gasteiger partial charge in [0.1, 0.15) is 0 Å². The molecule has 1 unspecified atom stereocenters. The number of aliphatic carboxylic acids is 1. The molecule has 0 aromatic heterocycles. The number of carboxylic acid groups (broad SMARTS) is 1. The van der Waals surface area contributed by atoms with E-state index in [4.69, 9.17) is 22.4 Å². The molecular formula is C13H15ClN2O3. The van der Waals surface area contributed by atoms with Crippen LogP contribution >= 0.6 is 11.6 Å². The van der Waals surface area contributed by atoms with Crippen molar-refractivity contribution in [2.45, 2.75) is 12.8 Å². The highest BCUT2D eigenvalue weighted by molar-refractivity contribution is 6.34. The van der Waals surface area contributed by atoms with Crippen LogP contribution in [0.3, 0.4) is 0 Å². The quantitative estimate of drug-likeness (QED) is 0.881. The van der Waals surface area contributed by atoms with Gasteiger partial charge in [-0.15, -0.1) is 0 Å². The van der Waals surface area contributed by atoms with E-state index < -0.39 is 11.9 Å². The summed E-state index contributed by atoms with van der Waals surface area (Å²) in [6.45, 7) is 1.49. The Morgan fingerprint density at radius 1 is 1.47 bits per heavy atom. The van der Waals surface area contributed by atoms with Crippen molar-refractivity contribution < 1.29 is 14.7 Å². The molecule has 1 heterocycles. The van der Waals surface area contributed by atoms with Crippen molar-refractivity contribution in [3.8, 4) is 0 Å². The summed E-state index contributed by atoms with van der Waals surface area (Å²) in [5.41, 5.74) is 6.38. The van der Waals surface area contributed by atoms with E-state index in [1.54, 1.807) is 18.2 Å². The van der Waals surface area contributed by atoms with Gasteiger partial charge < -0.3 is 15.7 Å². The smallest absolute Gasteiger partial charge is 0.303 e. The van der Waals surface area contributed by atoms with E-state index in [0.29, 0.717) is 17.1 Å². The highest BCUT2D eigenvalue weighted by atomic mass is 35.5. The number of carbonyl (C=O) groups is 2. The Labute approximate surface area is 116 Å². The second-order valence-corrected chi connectivity index (χ2v) is 5.13. The summed E-state index contributed by atoms with van der Waals surface area (Å²) in [5.74, 6) is -1.16. The van der Waals surface area contributed by atoms with Gasteiger partial charge in [-0.2, -0.15) is 0 Å². The van der Waals surface area contributed by atoms with Crippen LogP contribution in [-0.4, -0.2) is 30.1 Å². The number of anilines is 1. The van der Waals surface area contributed by atoms with Crippen LogP contribution in [0.1, 0.15) is 23.2 Å². The molecule has 1 aromatic carbocycles. The molecule has 1 aliphatic heterocycles. The Morgan fingerprint density at radius 2 is 2.21 bits per heavy atom. The number of hydrogen-bond acceptors (Lipinski definition) is 3. The molecule has 0 saturated carbocycles. The Kier molecular flexibility index (Phi) is 3.95. The van der Waals surface area contributed by atoms with Crippen molar-refractivity contribution >= 4 is 29.2 Å². The average molecular weight is 283 g/mol. The SMILES string of the molecule is NC(=O)c1ccc(N2CCC(CC(=O)O)C2)cc1Cl. The van der Waals surface area contributed by atoms with Crippen LogP contribution in [0.4, 0.5) is 5.69 Å². The van der Waals surface area contributed by atoms with Crippen molar-refractivity contribution in [1.29, 1.82) is 0 Å². The standard InChI is InChI=1S/C13H15ClN2O3/c14-11-6-9(1-2-10(11)13(15)19)16-4-3-8(7-16)5-12(17)18/h1-2,6,8H,3-5,7H2,(H2,15,19)(H,17,18). The molecule has 0 radical (unpaired) electrons. The number of benzene rings is 1. The molecule has 1 amide bonds. The first-order chi connectivity index (χ1) is 8.97. The van der Waals surface area contributed by atoms with Gasteiger partial charge in [-0.05, 0) is 30.5 Å². The lowest BCUT2D eigenvalue weighted by atomic mass is 10.1. The summed E-state index contributed by atoms with van der Waals surface area (Å²) in [4.78, 5) is 23.8. The third-order valence-corrected chi connectivity index (χ3v) is 3.65. The molecular weight excluding hydrogens is 268 g/mol. The molecule has 3 N–H and O–H groups in total. The zero-order valence-corrected chi connectivity index (χ0v) is 11.1. The number of halogens is 1. The lowest BCUT2D eigenvalue weighted by Gasteiger charge is -2.19. The fourth-order valence-corrected chi connectivity index (χ4v) is 2.65. The minimum absolute atomic E-state index is 0.159. The third-order valence-electron chi connectivity index (χ3n) is 3.33. The molecule has 19 heavy (non-hydrogen) atoms. The minimum atomic E-state index is -0.769. The number of nitrogens with zero attached hydrogens (tertiary/aromatic N) is 1. The van der Waals surface area contributed by atoms with Gasteiger partial charge in [0.2, 0.25) is 5.91 Å². The van der Waals surface area contributed by atoms with E-state index in [0.717, 1.165) is 18.7 Å². The second-order valence-electron chi connectivity index (χ2n) is 4.73. The normalized spacial score (nSPS) is 18.6. The largest absolute Gasteiger partial charge is 0.481 e. The first-order valence-electron chi connectivity index (χ1n) is 6.03. The van der Waals surface area contributed by atoms with Crippen molar-refractivity contribution in [1.82, 2.24) is 0 Å². The topological polar surface area (TPSA) is 83.6 Å². The van der Waals surface area contributed by atoms with Gasteiger partial charge >= 0.3 is 5.97 Å². The van der Waals surface area contributed by atoms with Gasteiger partial charge in [-0.3, -0.25) is 9.59 Å². The molecule has 2 rings (SSSR count). The summed E-state index contributed by atoms with van der Waals surface area (Å²) in [5, 5.41) is 9.11. The van der Waals surface area contributed by atoms with Crippen molar-refractivity contribution in [3.05, 3.63) is 28.8 Å². The van der Waals surface area contributed by atoms with E-state index in [1.165, 1.54) is 0 Å². The maximum atomic E-state index is 11.1. The second kappa shape index (κ2) is 5.48. The highest BCUT2D eigenvalue weighted by Crippen LogP contribution is 2.29. The number of nitrogens with two attached hydrogens (primary N) is 1. The maximum absolute atomic E-state index is 11.1. The van der Waals surface area contributed by atoms with Crippen molar-refractivity contribution in [3.63, 3.8) is 0 Å². The fourth-order valence-electron chi connectivity index (χ4n) is 2.38. The zero-order chi connectivity index (χ0) is 14.0. The van der Waals surface area contributed by atoms with Gasteiger partial charge in [-0.25, -0.2) is 0 Å². The third kappa shape index (κ3) is 3.17. The number of hydrogen-bond donors (Lipinski definition) is 2. The van der Waals surface area contributed by atoms with E-state index in [9.17, 15) is 9.59 Å². The molecule has 1 saturated heterocycles. The lowest BCUT2D eigenvalue weighted by molar-refractivity contribution is -0.137. The predicted molar refractivity (Wildman–Crippen MR) is 72.5 cm³/mol. The Morgan fingerprint density at radius 3 is 2.79 bits per heavy atom. The monoisotopic (exact) mass is 282 g/mol. The summed E-state index contributed by atoms with van der Waals surface area (Å²) >= 11 is 6.00. The van der Waals surface area contributed by atoms with Crippen LogP contribution in [0, 0.1) is 5.92 Å². The summed E-state index contributed by atoms with van der Waals surface area (Å²) in [7, 11) is 0. The molecule has 0 bridgehead atoms. The zero-order valence-electron chi connectivity index (χ0n) is 10.3. The Bertz CT molecular complexity index is 519. The molecule has 1 atom stereocenters. The number of carbonyl (C=O) groups excluding carboxylic acids is 1. The van der Waals surface area contributed by atoms with Crippen molar-refractivity contribution in [2.24, 2.45) is 11.7 Å². The van der Waals surface area contributed by atoms with Gasteiger partial charge in [-0.1, -0.05) is 11.6 Å². The number of carboxylic acids is 1. The van der Waals surface area contributed by atoms with Gasteiger partial charge in [0.05, 0.1) is 10.6 Å². The van der Waals surface area contributed by atoms with Crippen LogP contribution in [0.15, 0.2) is 18.2 Å². The van der Waals surface area contributed by atoms with E-state index in [2.05, 4.69) is 4.90 Å². The molecule has 0 spiro atoms. The van der Waals surface area contributed by atoms with Crippen LogP contribution < -0.4 is 10.6 Å². The van der Waals surface area contributed by atoms with E-state index in [-0.39, 0.29) is 12.3 Å². The molecule has 1 aliphatic rings. The number of rotatable bonds is 4. The molecule has 1 aromatic rings. The predicted octanol–water partition coefficient (Wildman–Crippen LogP) is 1.74. The maximum Gasteiger partial charge on any atom is 0.303 e. The highest BCUT2D eigenvalue weighted by Gasteiger charge is 2.25. The number of primary amides is 1. The van der Waals surface area contributed by atoms with Gasteiger partial charge in [0, 0.05) is 25.2 Å². The van der Waals surface area contributed by atoms with Crippen LogP contribution in [0.5, 0.6) is 0 Å². The van der Waals surface area contributed by atoms with E-state index in [1.807, 2.05) is 0 Å². The van der Waals surface area contributed by atoms with Crippen LogP contribution in [0.25, 0.3) is 0 Å². The molecule has 102 valence electrons. The van der Waals surface area contributed by atoms with Crippen LogP contribution in [0.2, 0.25) is 5.02 Å². The lowest BCUT2D eigenvalue weighted by Crippen LogP contribution is -2.21. The fraction of sp³-hybridized carbons (Fsp3) is 0.385. The molecule has 0 aliphatic carbocycles. The van der Waals surface area contributed by atoms with Gasteiger partial charge in [0.15, 0.2) is 0 Å². The van der Waals surface area contributed by atoms with Crippen molar-refractivity contribution in [2.75, 3.05) is 18.0 Å². The number of amides is 1. The molecule has 5 nitrogen and oxygen atoms in total. The van der Waals surface area contributed by atoms with E-state index >= 15 is 0 Å².